The van der Waals surface area contributed by atoms with Crippen molar-refractivity contribution in [3.63, 3.8) is 0 Å². The normalized spacial score (nSPS) is 14.9. The molecule has 5 nitrogen and oxygen atoms in total. The van der Waals surface area contributed by atoms with Gasteiger partial charge in [-0.15, -0.1) is 0 Å². The van der Waals surface area contributed by atoms with Gasteiger partial charge in [0.1, 0.15) is 0 Å². The van der Waals surface area contributed by atoms with E-state index in [0.717, 1.165) is 6.54 Å². The molecule has 1 aromatic rings. The summed E-state index contributed by atoms with van der Waals surface area (Å²) in [7, 11) is 0. The Balaban J connectivity index is 2.28. The van der Waals surface area contributed by atoms with Crippen molar-refractivity contribution in [3.8, 4) is 0 Å². The summed E-state index contributed by atoms with van der Waals surface area (Å²) in [4.78, 5) is 21.3. The third-order valence-corrected chi connectivity index (χ3v) is 2.78. The number of carboxylic acid groups (broad SMARTS) is 1. The van der Waals surface area contributed by atoms with Crippen molar-refractivity contribution in [2.75, 3.05) is 11.4 Å². The predicted molar refractivity (Wildman–Crippen MR) is 59.8 cm³/mol. The average molecular weight is 221 g/mol. The van der Waals surface area contributed by atoms with Crippen LogP contribution in [0.4, 0.5) is 5.95 Å². The summed E-state index contributed by atoms with van der Waals surface area (Å²) in [6, 6.07) is 0.542. The fourth-order valence-corrected chi connectivity index (χ4v) is 1.75. The summed E-state index contributed by atoms with van der Waals surface area (Å²) in [5.74, 6) is -0.328. The molecule has 0 aliphatic heterocycles. The van der Waals surface area contributed by atoms with Crippen LogP contribution in [0.25, 0.3) is 0 Å². The number of hydrogen-bond acceptors (Lipinski definition) is 4. The molecular weight excluding hydrogens is 206 g/mol. The number of aromatic nitrogens is 2. The van der Waals surface area contributed by atoms with E-state index in [1.807, 2.05) is 0 Å². The monoisotopic (exact) mass is 221 g/mol. The van der Waals surface area contributed by atoms with Crippen LogP contribution in [0.2, 0.25) is 0 Å². The van der Waals surface area contributed by atoms with Gasteiger partial charge >= 0.3 is 5.97 Å². The predicted octanol–water partition coefficient (Wildman–Crippen LogP) is 1.47. The Bertz CT molecular complexity index is 416. The number of carboxylic acids is 1. The number of aromatic carboxylic acids is 1. The molecular formula is C11H15N3O2. The Morgan fingerprint density at radius 2 is 2.31 bits per heavy atom. The SMILES string of the molecule is CCN(c1ncc(C(=O)O)c(C)n1)C1CC1. The van der Waals surface area contributed by atoms with Crippen molar-refractivity contribution in [3.05, 3.63) is 17.5 Å². The molecule has 1 saturated carbocycles. The quantitative estimate of drug-likeness (QED) is 0.834. The second-order valence-electron chi connectivity index (χ2n) is 3.99. The van der Waals surface area contributed by atoms with Crippen molar-refractivity contribution in [1.29, 1.82) is 0 Å². The number of hydrogen-bond donors (Lipinski definition) is 1. The Morgan fingerprint density at radius 1 is 1.62 bits per heavy atom. The van der Waals surface area contributed by atoms with Crippen molar-refractivity contribution in [1.82, 2.24) is 9.97 Å². The van der Waals surface area contributed by atoms with E-state index in [1.54, 1.807) is 6.92 Å². The molecule has 0 unspecified atom stereocenters. The second-order valence-corrected chi connectivity index (χ2v) is 3.99. The third-order valence-electron chi connectivity index (χ3n) is 2.78. The van der Waals surface area contributed by atoms with Gasteiger partial charge in [-0.2, -0.15) is 0 Å². The van der Waals surface area contributed by atoms with Crippen LogP contribution in [0.3, 0.4) is 0 Å². The Morgan fingerprint density at radius 3 is 2.75 bits per heavy atom. The van der Waals surface area contributed by atoms with Crippen molar-refractivity contribution in [2.45, 2.75) is 32.7 Å². The van der Waals surface area contributed by atoms with E-state index < -0.39 is 5.97 Å². The summed E-state index contributed by atoms with van der Waals surface area (Å²) >= 11 is 0. The van der Waals surface area contributed by atoms with E-state index in [0.29, 0.717) is 17.7 Å². The molecule has 1 aromatic heterocycles. The largest absolute Gasteiger partial charge is 0.478 e. The zero-order chi connectivity index (χ0) is 11.7. The molecule has 0 aromatic carbocycles. The molecule has 1 N–H and O–H groups in total. The molecule has 5 heteroatoms. The average Bonchev–Trinajstić information content (AvgIpc) is 3.02. The lowest BCUT2D eigenvalue weighted by molar-refractivity contribution is 0.0695. The van der Waals surface area contributed by atoms with Gasteiger partial charge in [0, 0.05) is 18.8 Å². The number of carbonyl (C=O) groups is 1. The highest BCUT2D eigenvalue weighted by molar-refractivity contribution is 5.88. The molecule has 0 radical (unpaired) electrons. The highest BCUT2D eigenvalue weighted by Crippen LogP contribution is 2.29. The molecule has 0 atom stereocenters. The summed E-state index contributed by atoms with van der Waals surface area (Å²) in [5, 5.41) is 8.88. The van der Waals surface area contributed by atoms with Crippen LogP contribution < -0.4 is 4.90 Å². The second kappa shape index (κ2) is 4.08. The third kappa shape index (κ3) is 1.98. The minimum absolute atomic E-state index is 0.176. The van der Waals surface area contributed by atoms with Crippen LogP contribution in [0.15, 0.2) is 6.20 Å². The topological polar surface area (TPSA) is 66.3 Å². The maximum Gasteiger partial charge on any atom is 0.339 e. The molecule has 0 amide bonds. The van der Waals surface area contributed by atoms with E-state index in [4.69, 9.17) is 5.11 Å². The zero-order valence-electron chi connectivity index (χ0n) is 9.47. The van der Waals surface area contributed by atoms with Gasteiger partial charge < -0.3 is 10.0 Å². The van der Waals surface area contributed by atoms with Crippen molar-refractivity contribution < 1.29 is 9.90 Å². The molecule has 0 spiro atoms. The lowest BCUT2D eigenvalue weighted by Crippen LogP contribution is -2.27. The first-order valence-electron chi connectivity index (χ1n) is 5.47. The van der Waals surface area contributed by atoms with Crippen LogP contribution >= 0.6 is 0 Å². The Labute approximate surface area is 94.1 Å². The molecule has 86 valence electrons. The van der Waals surface area contributed by atoms with Gasteiger partial charge in [-0.05, 0) is 26.7 Å². The van der Waals surface area contributed by atoms with E-state index in [9.17, 15) is 4.79 Å². The first kappa shape index (κ1) is 10.9. The number of nitrogens with zero attached hydrogens (tertiary/aromatic N) is 3. The van der Waals surface area contributed by atoms with Crippen LogP contribution in [-0.2, 0) is 0 Å². The zero-order valence-corrected chi connectivity index (χ0v) is 9.47. The van der Waals surface area contributed by atoms with Crippen LogP contribution in [0.1, 0.15) is 35.8 Å². The first-order chi connectivity index (χ1) is 7.63. The highest BCUT2D eigenvalue weighted by atomic mass is 16.4. The molecule has 16 heavy (non-hydrogen) atoms. The molecule has 2 rings (SSSR count). The highest BCUT2D eigenvalue weighted by Gasteiger charge is 2.30. The molecule has 0 bridgehead atoms. The van der Waals surface area contributed by atoms with Gasteiger partial charge in [0.25, 0.3) is 0 Å². The number of anilines is 1. The van der Waals surface area contributed by atoms with Gasteiger partial charge in [-0.25, -0.2) is 14.8 Å². The molecule has 1 fully saturated rings. The van der Waals surface area contributed by atoms with E-state index in [2.05, 4.69) is 21.8 Å². The summed E-state index contributed by atoms with van der Waals surface area (Å²) in [6.07, 6.45) is 3.75. The fourth-order valence-electron chi connectivity index (χ4n) is 1.75. The standard InChI is InChI=1S/C11H15N3O2/c1-3-14(8-4-5-8)11-12-6-9(10(15)16)7(2)13-11/h6,8H,3-5H2,1-2H3,(H,15,16). The minimum Gasteiger partial charge on any atom is -0.478 e. The summed E-state index contributed by atoms with van der Waals surface area (Å²) < 4.78 is 0. The Hall–Kier alpha value is -1.65. The molecule has 1 aliphatic carbocycles. The van der Waals surface area contributed by atoms with Crippen molar-refractivity contribution in [2.24, 2.45) is 0 Å². The number of rotatable bonds is 4. The lowest BCUT2D eigenvalue weighted by atomic mass is 10.2. The first-order valence-corrected chi connectivity index (χ1v) is 5.47. The Kier molecular flexibility index (Phi) is 2.77. The summed E-state index contributed by atoms with van der Waals surface area (Å²) in [6.45, 7) is 4.62. The minimum atomic E-state index is -0.974. The van der Waals surface area contributed by atoms with Gasteiger partial charge in [0.05, 0.1) is 11.3 Å². The lowest BCUT2D eigenvalue weighted by Gasteiger charge is -2.20. The van der Waals surface area contributed by atoms with E-state index >= 15 is 0 Å². The van der Waals surface area contributed by atoms with Gasteiger partial charge in [-0.3, -0.25) is 0 Å². The van der Waals surface area contributed by atoms with Crippen LogP contribution in [-0.4, -0.2) is 33.6 Å². The maximum atomic E-state index is 10.8. The van der Waals surface area contributed by atoms with Gasteiger partial charge in [-0.1, -0.05) is 0 Å². The fraction of sp³-hybridized carbons (Fsp3) is 0.545. The van der Waals surface area contributed by atoms with E-state index in [-0.39, 0.29) is 5.56 Å². The van der Waals surface area contributed by atoms with Crippen LogP contribution in [0, 0.1) is 6.92 Å². The molecule has 1 heterocycles. The van der Waals surface area contributed by atoms with Crippen LogP contribution in [0.5, 0.6) is 0 Å². The molecule has 0 saturated heterocycles. The van der Waals surface area contributed by atoms with Crippen molar-refractivity contribution >= 4 is 11.9 Å². The van der Waals surface area contributed by atoms with E-state index in [1.165, 1.54) is 19.0 Å². The van der Waals surface area contributed by atoms with Gasteiger partial charge in [0.15, 0.2) is 0 Å². The number of aryl methyl sites for hydroxylation is 1. The smallest absolute Gasteiger partial charge is 0.339 e. The maximum absolute atomic E-state index is 10.8. The van der Waals surface area contributed by atoms with Gasteiger partial charge in [0.2, 0.25) is 5.95 Å². The molecule has 1 aliphatic rings. The summed E-state index contributed by atoms with van der Waals surface area (Å²) in [5.41, 5.74) is 0.701.